The van der Waals surface area contributed by atoms with Crippen LogP contribution in [0.3, 0.4) is 0 Å². The van der Waals surface area contributed by atoms with Crippen molar-refractivity contribution in [2.24, 2.45) is 5.41 Å². The first kappa shape index (κ1) is 20.1. The predicted octanol–water partition coefficient (Wildman–Crippen LogP) is 2.81. The first-order valence-electron chi connectivity index (χ1n) is 9.77. The molecule has 0 saturated carbocycles. The summed E-state index contributed by atoms with van der Waals surface area (Å²) in [6.45, 7) is 9.29. The van der Waals surface area contributed by atoms with Crippen molar-refractivity contribution in [3.05, 3.63) is 23.4 Å². The van der Waals surface area contributed by atoms with Crippen molar-refractivity contribution in [1.82, 2.24) is 14.8 Å². The number of likely N-dealkylation sites (tertiary alicyclic amines) is 1. The third kappa shape index (κ3) is 5.20. The Bertz CT molecular complexity index is 666. The van der Waals surface area contributed by atoms with E-state index in [2.05, 4.69) is 14.8 Å². The lowest BCUT2D eigenvalue weighted by Gasteiger charge is -2.36. The maximum atomic E-state index is 12.2. The van der Waals surface area contributed by atoms with Crippen molar-refractivity contribution in [2.45, 2.75) is 39.5 Å². The number of rotatable bonds is 6. The number of imide groups is 1. The molecule has 0 bridgehead atoms. The minimum Gasteiger partial charge on any atom is -0.353 e. The molecule has 0 aromatic carbocycles. The zero-order valence-electron chi connectivity index (χ0n) is 16.3. The monoisotopic (exact) mass is 392 g/mol. The largest absolute Gasteiger partial charge is 0.353 e. The number of amides is 2. The van der Waals surface area contributed by atoms with Gasteiger partial charge in [-0.3, -0.25) is 19.4 Å². The van der Waals surface area contributed by atoms with E-state index in [1.54, 1.807) is 6.20 Å². The fourth-order valence-electron chi connectivity index (χ4n) is 3.86. The zero-order valence-corrected chi connectivity index (χ0v) is 17.0. The fraction of sp³-hybridized carbons (Fsp3) is 0.650. The number of unbranched alkanes of at least 4 members (excludes halogenated alkanes) is 1. The number of hydrogen-bond acceptors (Lipinski definition) is 5. The van der Waals surface area contributed by atoms with E-state index in [9.17, 15) is 9.59 Å². The quantitative estimate of drug-likeness (QED) is 0.550. The first-order valence-corrected chi connectivity index (χ1v) is 10.1. The Hall–Kier alpha value is -1.66. The summed E-state index contributed by atoms with van der Waals surface area (Å²) in [4.78, 5) is 34.9. The number of anilines is 1. The van der Waals surface area contributed by atoms with Crippen LogP contribution in [0.25, 0.3) is 0 Å². The number of aromatic nitrogens is 1. The van der Waals surface area contributed by atoms with E-state index in [0.29, 0.717) is 24.4 Å². The van der Waals surface area contributed by atoms with Crippen LogP contribution in [0, 0.1) is 5.41 Å². The molecular weight excluding hydrogens is 364 g/mol. The van der Waals surface area contributed by atoms with Crippen molar-refractivity contribution in [2.75, 3.05) is 44.2 Å². The van der Waals surface area contributed by atoms with Gasteiger partial charge >= 0.3 is 0 Å². The second-order valence-electron chi connectivity index (χ2n) is 8.30. The van der Waals surface area contributed by atoms with Gasteiger partial charge in [-0.2, -0.15) is 0 Å². The minimum atomic E-state index is -0.194. The molecule has 2 aliphatic rings. The van der Waals surface area contributed by atoms with E-state index in [0.717, 1.165) is 51.4 Å². The lowest BCUT2D eigenvalue weighted by atomic mass is 9.82. The van der Waals surface area contributed by atoms with Crippen LogP contribution in [0.15, 0.2) is 18.3 Å². The van der Waals surface area contributed by atoms with Crippen molar-refractivity contribution < 1.29 is 9.59 Å². The molecule has 3 heterocycles. The summed E-state index contributed by atoms with van der Waals surface area (Å²) in [5.74, 6) is 0.832. The molecule has 1 aromatic rings. The molecule has 0 N–H and O–H groups in total. The molecule has 0 aliphatic carbocycles. The van der Waals surface area contributed by atoms with Crippen molar-refractivity contribution >= 4 is 29.2 Å². The highest BCUT2D eigenvalue weighted by Gasteiger charge is 2.36. The topological polar surface area (TPSA) is 56.8 Å². The number of carbonyl (C=O) groups excluding carboxylic acids is 2. The number of piperazine rings is 1. The molecule has 27 heavy (non-hydrogen) atoms. The summed E-state index contributed by atoms with van der Waals surface area (Å²) in [5, 5.41) is 0.699. The number of piperidine rings is 1. The second-order valence-corrected chi connectivity index (χ2v) is 8.71. The minimum absolute atomic E-state index is 0.0166. The third-order valence-corrected chi connectivity index (χ3v) is 5.67. The van der Waals surface area contributed by atoms with E-state index in [4.69, 9.17) is 11.6 Å². The van der Waals surface area contributed by atoms with Crippen LogP contribution < -0.4 is 4.90 Å². The van der Waals surface area contributed by atoms with E-state index >= 15 is 0 Å². The molecule has 3 rings (SSSR count). The highest BCUT2D eigenvalue weighted by Crippen LogP contribution is 2.31. The molecule has 0 atom stereocenters. The maximum absolute atomic E-state index is 12.2. The van der Waals surface area contributed by atoms with Gasteiger partial charge in [-0.1, -0.05) is 25.4 Å². The highest BCUT2D eigenvalue weighted by atomic mass is 35.5. The Morgan fingerprint density at radius 3 is 2.30 bits per heavy atom. The van der Waals surface area contributed by atoms with Crippen LogP contribution in [0.2, 0.25) is 5.02 Å². The fourth-order valence-corrected chi connectivity index (χ4v) is 4.10. The Balaban J connectivity index is 1.37. The van der Waals surface area contributed by atoms with Crippen LogP contribution in [0.1, 0.15) is 39.5 Å². The number of halogens is 1. The van der Waals surface area contributed by atoms with Gasteiger partial charge < -0.3 is 4.90 Å². The van der Waals surface area contributed by atoms with Gasteiger partial charge in [0.2, 0.25) is 11.8 Å². The molecule has 0 unspecified atom stereocenters. The number of carbonyl (C=O) groups is 2. The summed E-state index contributed by atoms with van der Waals surface area (Å²) < 4.78 is 0. The lowest BCUT2D eigenvalue weighted by Crippen LogP contribution is -2.47. The predicted molar refractivity (Wildman–Crippen MR) is 107 cm³/mol. The average molecular weight is 393 g/mol. The maximum Gasteiger partial charge on any atom is 0.229 e. The summed E-state index contributed by atoms with van der Waals surface area (Å²) in [5.41, 5.74) is -0.194. The smallest absolute Gasteiger partial charge is 0.229 e. The summed E-state index contributed by atoms with van der Waals surface area (Å²) >= 11 is 6.23. The van der Waals surface area contributed by atoms with Gasteiger partial charge in [-0.05, 0) is 36.9 Å². The molecule has 0 spiro atoms. The first-order chi connectivity index (χ1) is 12.9. The molecule has 2 saturated heterocycles. The van der Waals surface area contributed by atoms with Gasteiger partial charge in [0, 0.05) is 51.8 Å². The van der Waals surface area contributed by atoms with E-state index in [-0.39, 0.29) is 17.2 Å². The normalized spacial score (nSPS) is 21.0. The van der Waals surface area contributed by atoms with Crippen molar-refractivity contribution in [1.29, 1.82) is 0 Å². The number of hydrogen-bond donors (Lipinski definition) is 0. The Morgan fingerprint density at radius 1 is 1.04 bits per heavy atom. The molecule has 0 radical (unpaired) electrons. The molecular formula is C20H29ClN4O2. The van der Waals surface area contributed by atoms with Gasteiger partial charge in [0.25, 0.3) is 0 Å². The van der Waals surface area contributed by atoms with E-state index < -0.39 is 0 Å². The summed E-state index contributed by atoms with van der Waals surface area (Å²) in [7, 11) is 0. The van der Waals surface area contributed by atoms with Crippen LogP contribution in [-0.2, 0) is 9.59 Å². The Labute approximate surface area is 166 Å². The molecule has 2 aliphatic heterocycles. The molecule has 2 fully saturated rings. The molecule has 2 amide bonds. The number of pyridine rings is 1. The number of nitrogens with zero attached hydrogens (tertiary/aromatic N) is 4. The molecule has 6 nitrogen and oxygen atoms in total. The zero-order chi connectivity index (χ0) is 19.4. The van der Waals surface area contributed by atoms with Crippen molar-refractivity contribution in [3.8, 4) is 0 Å². The molecule has 7 heteroatoms. The average Bonchev–Trinajstić information content (AvgIpc) is 2.60. The Kier molecular flexibility index (Phi) is 6.37. The van der Waals surface area contributed by atoms with Crippen LogP contribution in [0.5, 0.6) is 0 Å². The van der Waals surface area contributed by atoms with Crippen LogP contribution in [0.4, 0.5) is 5.82 Å². The summed E-state index contributed by atoms with van der Waals surface area (Å²) in [6.07, 6.45) is 4.57. The van der Waals surface area contributed by atoms with Crippen molar-refractivity contribution in [3.63, 3.8) is 0 Å². The SMILES string of the molecule is CC1(C)CC(=O)N(CCCCN2CCN(c3ncccc3Cl)CC2)C(=O)C1. The standard InChI is InChI=1S/C20H29ClN4O2/c1-20(2)14-17(26)25(18(27)15-20)9-4-3-8-23-10-12-24(13-11-23)19-16(21)6-5-7-22-19/h5-7H,3-4,8-15H2,1-2H3. The second kappa shape index (κ2) is 8.57. The van der Waals surface area contributed by atoms with Gasteiger partial charge in [0.15, 0.2) is 0 Å². The van der Waals surface area contributed by atoms with Crippen LogP contribution in [-0.4, -0.2) is 65.9 Å². The third-order valence-electron chi connectivity index (χ3n) is 5.38. The summed E-state index contributed by atoms with van der Waals surface area (Å²) in [6, 6.07) is 3.72. The van der Waals surface area contributed by atoms with Crippen LogP contribution >= 0.6 is 11.6 Å². The lowest BCUT2D eigenvalue weighted by molar-refractivity contribution is -0.152. The van der Waals surface area contributed by atoms with Gasteiger partial charge in [0.1, 0.15) is 5.82 Å². The van der Waals surface area contributed by atoms with E-state index in [1.165, 1.54) is 4.90 Å². The molecule has 148 valence electrons. The van der Waals surface area contributed by atoms with Gasteiger partial charge in [-0.25, -0.2) is 4.98 Å². The van der Waals surface area contributed by atoms with Gasteiger partial charge in [-0.15, -0.1) is 0 Å². The van der Waals surface area contributed by atoms with E-state index in [1.807, 2.05) is 26.0 Å². The van der Waals surface area contributed by atoms with Gasteiger partial charge in [0.05, 0.1) is 5.02 Å². The Morgan fingerprint density at radius 2 is 1.67 bits per heavy atom. The molecule has 1 aromatic heterocycles. The highest BCUT2D eigenvalue weighted by molar-refractivity contribution is 6.32.